The minimum Gasteiger partial charge on any atom is -0.0999 e. The van der Waals surface area contributed by atoms with Crippen LogP contribution in [-0.4, -0.2) is 0 Å². The number of allylic oxidation sites excluding steroid dienone is 1. The van der Waals surface area contributed by atoms with Gasteiger partial charge >= 0.3 is 0 Å². The summed E-state index contributed by atoms with van der Waals surface area (Å²) in [5.74, 6) is 0. The highest BCUT2D eigenvalue weighted by Gasteiger charge is 1.86. The third kappa shape index (κ3) is 3.91. The molecule has 0 saturated heterocycles. The van der Waals surface area contributed by atoms with E-state index >= 15 is 0 Å². The number of hydrogen-bond acceptors (Lipinski definition) is 0. The first-order valence-corrected chi connectivity index (χ1v) is 3.27. The predicted molar refractivity (Wildman–Crippen MR) is 38.6 cm³/mol. The van der Waals surface area contributed by atoms with Crippen LogP contribution in [0, 0.1) is 6.92 Å². The quantitative estimate of drug-likeness (QED) is 0.489. The van der Waals surface area contributed by atoms with Crippen molar-refractivity contribution in [3.63, 3.8) is 0 Å². The molecule has 0 unspecified atom stereocenters. The smallest absolute Gasteiger partial charge is 0.0323 e. The first-order chi connectivity index (χ1) is 3.81. The maximum absolute atomic E-state index is 3.88. The summed E-state index contributed by atoms with van der Waals surface area (Å²) in [7, 11) is 0. The lowest BCUT2D eigenvalue weighted by atomic mass is 10.1. The third-order valence-corrected chi connectivity index (χ3v) is 1.28. The average Bonchev–Trinajstić information content (AvgIpc) is 1.83. The molecule has 0 heterocycles. The maximum atomic E-state index is 3.88. The minimum absolute atomic E-state index is 1.04. The molecule has 0 aromatic heterocycles. The van der Waals surface area contributed by atoms with Crippen LogP contribution in [0.2, 0.25) is 0 Å². The van der Waals surface area contributed by atoms with Gasteiger partial charge in [-0.15, -0.1) is 0 Å². The van der Waals surface area contributed by atoms with Crippen molar-refractivity contribution < 1.29 is 0 Å². The number of unbranched alkanes of at least 4 members (excludes halogenated alkanes) is 1. The van der Waals surface area contributed by atoms with Crippen LogP contribution in [0.3, 0.4) is 0 Å². The van der Waals surface area contributed by atoms with Gasteiger partial charge in [-0.2, -0.15) is 0 Å². The number of rotatable bonds is 4. The Labute approximate surface area is 52.6 Å². The van der Waals surface area contributed by atoms with Crippen LogP contribution in [0.5, 0.6) is 0 Å². The summed E-state index contributed by atoms with van der Waals surface area (Å²) in [5, 5.41) is 0. The molecule has 0 spiro atoms. The van der Waals surface area contributed by atoms with Gasteiger partial charge in [0.2, 0.25) is 0 Å². The SMILES string of the molecule is [CH2]CCCC(=C)CC. The van der Waals surface area contributed by atoms with Crippen molar-refractivity contribution in [2.24, 2.45) is 0 Å². The molecule has 0 aromatic rings. The Bertz CT molecular complexity index is 62.4. The summed E-state index contributed by atoms with van der Waals surface area (Å²) in [6.45, 7) is 9.78. The molecule has 0 rings (SSSR count). The number of hydrogen-bond donors (Lipinski definition) is 0. The largest absolute Gasteiger partial charge is 0.0999 e. The van der Waals surface area contributed by atoms with Gasteiger partial charge in [0.1, 0.15) is 0 Å². The highest BCUT2D eigenvalue weighted by Crippen LogP contribution is 2.06. The predicted octanol–water partition coefficient (Wildman–Crippen LogP) is 2.96. The zero-order valence-electron chi connectivity index (χ0n) is 5.74. The summed E-state index contributed by atoms with van der Waals surface area (Å²) < 4.78 is 0. The molecule has 0 fully saturated rings. The molecule has 8 heavy (non-hydrogen) atoms. The van der Waals surface area contributed by atoms with Gasteiger partial charge in [-0.3, -0.25) is 0 Å². The standard InChI is InChI=1S/C8H15/c1-4-6-7-8(3)5-2/h1,3-7H2,2H3. The Morgan fingerprint density at radius 2 is 2.12 bits per heavy atom. The normalized spacial score (nSPS) is 9.25. The van der Waals surface area contributed by atoms with Crippen LogP contribution >= 0.6 is 0 Å². The summed E-state index contributed by atoms with van der Waals surface area (Å²) >= 11 is 0. The van der Waals surface area contributed by atoms with E-state index in [9.17, 15) is 0 Å². The lowest BCUT2D eigenvalue weighted by Gasteiger charge is -1.97. The molecular formula is C8H15. The van der Waals surface area contributed by atoms with Crippen molar-refractivity contribution in [1.29, 1.82) is 0 Å². The van der Waals surface area contributed by atoms with Gasteiger partial charge in [-0.25, -0.2) is 0 Å². The molecule has 0 aliphatic heterocycles. The molecule has 0 aromatic carbocycles. The van der Waals surface area contributed by atoms with Crippen LogP contribution in [0.1, 0.15) is 32.6 Å². The third-order valence-electron chi connectivity index (χ3n) is 1.28. The van der Waals surface area contributed by atoms with Crippen molar-refractivity contribution >= 4 is 0 Å². The molecule has 0 saturated carbocycles. The van der Waals surface area contributed by atoms with Gasteiger partial charge in [-0.1, -0.05) is 32.4 Å². The molecule has 0 N–H and O–H groups in total. The first-order valence-electron chi connectivity index (χ1n) is 3.27. The van der Waals surface area contributed by atoms with E-state index < -0.39 is 0 Å². The highest BCUT2D eigenvalue weighted by atomic mass is 13.9. The topological polar surface area (TPSA) is 0 Å². The second-order valence-corrected chi connectivity index (χ2v) is 2.06. The van der Waals surface area contributed by atoms with E-state index in [-0.39, 0.29) is 0 Å². The van der Waals surface area contributed by atoms with Crippen LogP contribution < -0.4 is 0 Å². The minimum atomic E-state index is 1.04. The zero-order valence-corrected chi connectivity index (χ0v) is 5.74. The Morgan fingerprint density at radius 1 is 1.50 bits per heavy atom. The molecule has 47 valence electrons. The van der Waals surface area contributed by atoms with Crippen molar-refractivity contribution in [3.8, 4) is 0 Å². The van der Waals surface area contributed by atoms with E-state index in [0.29, 0.717) is 0 Å². The molecule has 0 aliphatic rings. The second-order valence-electron chi connectivity index (χ2n) is 2.06. The first kappa shape index (κ1) is 7.74. The van der Waals surface area contributed by atoms with Gasteiger partial charge in [0.05, 0.1) is 0 Å². The van der Waals surface area contributed by atoms with E-state index in [1.54, 1.807) is 0 Å². The van der Waals surface area contributed by atoms with E-state index in [4.69, 9.17) is 0 Å². The van der Waals surface area contributed by atoms with Crippen molar-refractivity contribution in [2.75, 3.05) is 0 Å². The Hall–Kier alpha value is -0.260. The second kappa shape index (κ2) is 4.89. The molecule has 1 radical (unpaired) electrons. The van der Waals surface area contributed by atoms with Gasteiger partial charge < -0.3 is 0 Å². The van der Waals surface area contributed by atoms with Crippen molar-refractivity contribution in [3.05, 3.63) is 19.1 Å². The lowest BCUT2D eigenvalue weighted by Crippen LogP contribution is -1.77. The summed E-state index contributed by atoms with van der Waals surface area (Å²) in [4.78, 5) is 0. The fourth-order valence-corrected chi connectivity index (χ4v) is 0.552. The van der Waals surface area contributed by atoms with Crippen LogP contribution in [0.25, 0.3) is 0 Å². The highest BCUT2D eigenvalue weighted by molar-refractivity contribution is 4.91. The van der Waals surface area contributed by atoms with Gasteiger partial charge in [-0.05, 0) is 19.3 Å². The summed E-state index contributed by atoms with van der Waals surface area (Å²) in [5.41, 5.74) is 1.36. The van der Waals surface area contributed by atoms with E-state index in [0.717, 1.165) is 12.8 Å². The zero-order chi connectivity index (χ0) is 6.41. The summed E-state index contributed by atoms with van der Waals surface area (Å²) in [6.07, 6.45) is 4.53. The fraction of sp³-hybridized carbons (Fsp3) is 0.625. The molecule has 0 amide bonds. The molecular weight excluding hydrogens is 96.1 g/mol. The molecule has 0 nitrogen and oxygen atoms in total. The Morgan fingerprint density at radius 3 is 2.50 bits per heavy atom. The van der Waals surface area contributed by atoms with Gasteiger partial charge in [0.25, 0.3) is 0 Å². The van der Waals surface area contributed by atoms with Gasteiger partial charge in [0.15, 0.2) is 0 Å². The van der Waals surface area contributed by atoms with Crippen molar-refractivity contribution in [2.45, 2.75) is 32.6 Å². The van der Waals surface area contributed by atoms with E-state index in [1.165, 1.54) is 18.4 Å². The monoisotopic (exact) mass is 111 g/mol. The lowest BCUT2D eigenvalue weighted by molar-refractivity contribution is 0.805. The average molecular weight is 111 g/mol. The fourth-order valence-electron chi connectivity index (χ4n) is 0.552. The van der Waals surface area contributed by atoms with Crippen LogP contribution in [-0.2, 0) is 0 Å². The summed E-state index contributed by atoms with van der Waals surface area (Å²) in [6, 6.07) is 0. The van der Waals surface area contributed by atoms with Crippen LogP contribution in [0.4, 0.5) is 0 Å². The Balaban J connectivity index is 2.99. The molecule has 0 aliphatic carbocycles. The molecule has 0 atom stereocenters. The Kier molecular flexibility index (Phi) is 4.73. The van der Waals surface area contributed by atoms with E-state index in [1.807, 2.05) is 0 Å². The maximum Gasteiger partial charge on any atom is -0.0323 e. The van der Waals surface area contributed by atoms with Crippen LogP contribution in [0.15, 0.2) is 12.2 Å². The van der Waals surface area contributed by atoms with Gasteiger partial charge in [0, 0.05) is 0 Å². The molecule has 0 heteroatoms. The molecule has 0 bridgehead atoms. The van der Waals surface area contributed by atoms with E-state index in [2.05, 4.69) is 20.4 Å². The van der Waals surface area contributed by atoms with Crippen molar-refractivity contribution in [1.82, 2.24) is 0 Å².